The number of nitrogens with two attached hydrogens (primary N) is 1. The lowest BCUT2D eigenvalue weighted by Crippen LogP contribution is -2.36. The van der Waals surface area contributed by atoms with Gasteiger partial charge in [-0.25, -0.2) is 15.0 Å². The Kier molecular flexibility index (Phi) is 2.88. The summed E-state index contributed by atoms with van der Waals surface area (Å²) >= 11 is 6.46. The van der Waals surface area contributed by atoms with Gasteiger partial charge in [0, 0.05) is 12.3 Å². The number of pyridine rings is 1. The number of amides is 1. The molecule has 2 aliphatic rings. The third-order valence-electron chi connectivity index (χ3n) is 5.21. The lowest BCUT2D eigenvalue weighted by atomic mass is 9.94. The van der Waals surface area contributed by atoms with E-state index in [2.05, 4.69) is 15.3 Å². The third kappa shape index (κ3) is 1.93. The van der Waals surface area contributed by atoms with Crippen LogP contribution in [0.15, 0.2) is 24.7 Å². The number of hydrogen-bond donors (Lipinski definition) is 2. The maximum atomic E-state index is 12.4. The zero-order valence-electron chi connectivity index (χ0n) is 13.3. The van der Waals surface area contributed by atoms with E-state index in [4.69, 9.17) is 22.3 Å². The smallest absolute Gasteiger partial charge is 0.255 e. The standard InChI is InChI=1S/C17H15ClN6O/c18-10-7-11(24-6-3-9-14(19)20-8-21-15(9)24)22-13-12(10)16(25)23-17(13)4-1-2-5-17/h3,6-8H,1-2,4-5H2,(H,23,25)(H2,19,20,21). The molecule has 3 aromatic rings. The fourth-order valence-electron chi connectivity index (χ4n) is 4.02. The van der Waals surface area contributed by atoms with Crippen LogP contribution in [0.3, 0.4) is 0 Å². The summed E-state index contributed by atoms with van der Waals surface area (Å²) in [4.78, 5) is 25.6. The number of nitrogen functional groups attached to an aromatic ring is 1. The Bertz CT molecular complexity index is 1040. The maximum absolute atomic E-state index is 12.4. The molecule has 1 saturated carbocycles. The van der Waals surface area contributed by atoms with E-state index < -0.39 is 0 Å². The Labute approximate surface area is 148 Å². The monoisotopic (exact) mass is 354 g/mol. The topological polar surface area (TPSA) is 98.7 Å². The van der Waals surface area contributed by atoms with Crippen molar-refractivity contribution in [1.29, 1.82) is 0 Å². The molecule has 8 heteroatoms. The van der Waals surface area contributed by atoms with Gasteiger partial charge in [0.15, 0.2) is 5.65 Å². The summed E-state index contributed by atoms with van der Waals surface area (Å²) in [6.45, 7) is 0. The zero-order valence-corrected chi connectivity index (χ0v) is 14.0. The van der Waals surface area contributed by atoms with Crippen LogP contribution >= 0.6 is 11.6 Å². The van der Waals surface area contributed by atoms with E-state index in [-0.39, 0.29) is 11.4 Å². The molecule has 3 aromatic heterocycles. The van der Waals surface area contributed by atoms with Crippen molar-refractivity contribution in [3.05, 3.63) is 40.9 Å². The molecule has 25 heavy (non-hydrogen) atoms. The highest BCUT2D eigenvalue weighted by atomic mass is 35.5. The van der Waals surface area contributed by atoms with Crippen molar-refractivity contribution in [3.8, 4) is 5.82 Å². The van der Waals surface area contributed by atoms with Gasteiger partial charge in [-0.15, -0.1) is 0 Å². The summed E-state index contributed by atoms with van der Waals surface area (Å²) in [5, 5.41) is 4.28. The first kappa shape index (κ1) is 14.7. The van der Waals surface area contributed by atoms with Crippen molar-refractivity contribution in [2.75, 3.05) is 5.73 Å². The van der Waals surface area contributed by atoms with Crippen LogP contribution in [0.5, 0.6) is 0 Å². The zero-order chi connectivity index (χ0) is 17.2. The molecular weight excluding hydrogens is 340 g/mol. The molecule has 0 aromatic carbocycles. The highest BCUT2D eigenvalue weighted by Crippen LogP contribution is 2.45. The van der Waals surface area contributed by atoms with Crippen LogP contribution < -0.4 is 11.1 Å². The molecule has 1 fully saturated rings. The fourth-order valence-corrected chi connectivity index (χ4v) is 4.30. The Balaban J connectivity index is 1.75. The predicted octanol–water partition coefficient (Wildman–Crippen LogP) is 2.56. The molecule has 7 nitrogen and oxygen atoms in total. The van der Waals surface area contributed by atoms with Gasteiger partial charge < -0.3 is 11.1 Å². The molecule has 4 heterocycles. The Morgan fingerprint density at radius 3 is 2.88 bits per heavy atom. The molecular formula is C17H15ClN6O. The molecule has 1 spiro atoms. The van der Waals surface area contributed by atoms with E-state index in [1.807, 2.05) is 16.8 Å². The highest BCUT2D eigenvalue weighted by molar-refractivity contribution is 6.34. The molecule has 0 atom stereocenters. The number of rotatable bonds is 1. The average Bonchev–Trinajstić information content (AvgIpc) is 3.27. The predicted molar refractivity (Wildman–Crippen MR) is 93.7 cm³/mol. The summed E-state index contributed by atoms with van der Waals surface area (Å²) in [7, 11) is 0. The van der Waals surface area contributed by atoms with Crippen molar-refractivity contribution in [1.82, 2.24) is 24.8 Å². The van der Waals surface area contributed by atoms with Gasteiger partial charge in [-0.3, -0.25) is 9.36 Å². The number of anilines is 1. The molecule has 3 N–H and O–H groups in total. The molecule has 1 amide bonds. The van der Waals surface area contributed by atoms with E-state index in [1.165, 1.54) is 6.33 Å². The SMILES string of the molecule is Nc1ncnc2c1ccn2-c1cc(Cl)c2c(n1)C1(CCCC1)NC2=O. The molecule has 0 saturated heterocycles. The largest absolute Gasteiger partial charge is 0.383 e. The molecule has 126 valence electrons. The molecule has 0 bridgehead atoms. The second-order valence-corrected chi connectivity index (χ2v) is 7.02. The van der Waals surface area contributed by atoms with Gasteiger partial charge in [0.1, 0.15) is 18.0 Å². The number of aromatic nitrogens is 4. The minimum Gasteiger partial charge on any atom is -0.383 e. The number of fused-ring (bicyclic) bond motifs is 3. The van der Waals surface area contributed by atoms with Gasteiger partial charge >= 0.3 is 0 Å². The number of nitrogens with zero attached hydrogens (tertiary/aromatic N) is 4. The summed E-state index contributed by atoms with van der Waals surface area (Å²) in [5.74, 6) is 0.907. The number of halogens is 1. The van der Waals surface area contributed by atoms with Crippen molar-refractivity contribution in [3.63, 3.8) is 0 Å². The average molecular weight is 355 g/mol. The first-order valence-corrected chi connectivity index (χ1v) is 8.58. The van der Waals surface area contributed by atoms with Crippen LogP contribution in [0.1, 0.15) is 41.7 Å². The van der Waals surface area contributed by atoms with E-state index in [1.54, 1.807) is 6.07 Å². The maximum Gasteiger partial charge on any atom is 0.255 e. The lowest BCUT2D eigenvalue weighted by molar-refractivity contribution is 0.0930. The molecule has 0 radical (unpaired) electrons. The van der Waals surface area contributed by atoms with Crippen molar-refractivity contribution < 1.29 is 4.79 Å². The minimum absolute atomic E-state index is 0.134. The number of carbonyl (C=O) groups excluding carboxylic acids is 1. The normalized spacial score (nSPS) is 18.0. The van der Waals surface area contributed by atoms with E-state index in [0.717, 1.165) is 36.8 Å². The van der Waals surface area contributed by atoms with Crippen LogP contribution in [0.25, 0.3) is 16.9 Å². The Hall–Kier alpha value is -2.67. The summed E-state index contributed by atoms with van der Waals surface area (Å²) in [5.41, 5.74) is 7.44. The van der Waals surface area contributed by atoms with Gasteiger partial charge in [0.05, 0.1) is 27.2 Å². The molecule has 0 unspecified atom stereocenters. The van der Waals surface area contributed by atoms with E-state index >= 15 is 0 Å². The fraction of sp³-hybridized carbons (Fsp3) is 0.294. The first-order valence-electron chi connectivity index (χ1n) is 8.20. The lowest BCUT2D eigenvalue weighted by Gasteiger charge is -2.23. The van der Waals surface area contributed by atoms with Crippen molar-refractivity contribution >= 4 is 34.4 Å². The summed E-state index contributed by atoms with van der Waals surface area (Å²) in [6.07, 6.45) is 7.18. The first-order chi connectivity index (χ1) is 12.1. The van der Waals surface area contributed by atoms with Crippen LogP contribution in [0.2, 0.25) is 5.02 Å². The molecule has 1 aliphatic carbocycles. The molecule has 5 rings (SSSR count). The van der Waals surface area contributed by atoms with Gasteiger partial charge in [-0.2, -0.15) is 0 Å². The van der Waals surface area contributed by atoms with Crippen LogP contribution in [-0.4, -0.2) is 25.4 Å². The van der Waals surface area contributed by atoms with Gasteiger partial charge in [-0.1, -0.05) is 24.4 Å². The van der Waals surface area contributed by atoms with Crippen LogP contribution in [0.4, 0.5) is 5.82 Å². The summed E-state index contributed by atoms with van der Waals surface area (Å²) in [6, 6.07) is 3.55. The molecule has 1 aliphatic heterocycles. The van der Waals surface area contributed by atoms with E-state index in [0.29, 0.717) is 27.9 Å². The highest BCUT2D eigenvalue weighted by Gasteiger charge is 2.47. The quantitative estimate of drug-likeness (QED) is 0.699. The number of carbonyl (C=O) groups is 1. The Morgan fingerprint density at radius 2 is 2.08 bits per heavy atom. The minimum atomic E-state index is -0.386. The van der Waals surface area contributed by atoms with Crippen LogP contribution in [-0.2, 0) is 5.54 Å². The summed E-state index contributed by atoms with van der Waals surface area (Å²) < 4.78 is 1.82. The van der Waals surface area contributed by atoms with Crippen LogP contribution in [0, 0.1) is 0 Å². The van der Waals surface area contributed by atoms with Gasteiger partial charge in [0.25, 0.3) is 5.91 Å². The van der Waals surface area contributed by atoms with Crippen molar-refractivity contribution in [2.45, 2.75) is 31.2 Å². The second kappa shape index (κ2) is 4.92. The third-order valence-corrected chi connectivity index (χ3v) is 5.51. The second-order valence-electron chi connectivity index (χ2n) is 6.61. The number of hydrogen-bond acceptors (Lipinski definition) is 5. The van der Waals surface area contributed by atoms with E-state index in [9.17, 15) is 4.79 Å². The Morgan fingerprint density at radius 1 is 1.28 bits per heavy atom. The van der Waals surface area contributed by atoms with Gasteiger partial charge in [0.2, 0.25) is 0 Å². The number of nitrogens with one attached hydrogen (secondary N) is 1. The van der Waals surface area contributed by atoms with Crippen molar-refractivity contribution in [2.24, 2.45) is 0 Å². The van der Waals surface area contributed by atoms with Gasteiger partial charge in [-0.05, 0) is 18.9 Å².